The lowest BCUT2D eigenvalue weighted by atomic mass is 9.90. The van der Waals surface area contributed by atoms with Gasteiger partial charge in [0, 0.05) is 12.1 Å². The fraction of sp³-hybridized carbons (Fsp3) is 0.455. The molecule has 3 nitrogen and oxygen atoms in total. The summed E-state index contributed by atoms with van der Waals surface area (Å²) >= 11 is 0. The first-order chi connectivity index (χ1) is 7.82. The van der Waals surface area contributed by atoms with E-state index in [1.54, 1.807) is 6.92 Å². The summed E-state index contributed by atoms with van der Waals surface area (Å²) in [6.45, 7) is 1.46. The summed E-state index contributed by atoms with van der Waals surface area (Å²) in [5.74, 6) is -0.421. The molecule has 0 aromatic heterocycles. The fourth-order valence-corrected chi connectivity index (χ4v) is 1.51. The van der Waals surface area contributed by atoms with Crippen molar-refractivity contribution in [2.45, 2.75) is 25.3 Å². The Labute approximate surface area is 97.0 Å². The van der Waals surface area contributed by atoms with Gasteiger partial charge in [0.05, 0.1) is 0 Å². The van der Waals surface area contributed by atoms with E-state index in [0.717, 1.165) is 6.07 Å². The van der Waals surface area contributed by atoms with Crippen LogP contribution < -0.4 is 10.5 Å². The maximum Gasteiger partial charge on any atom is 0.573 e. The second-order valence-electron chi connectivity index (χ2n) is 3.63. The number of ether oxygens (including phenoxy) is 1. The van der Waals surface area contributed by atoms with Crippen LogP contribution in [-0.2, 0) is 5.60 Å². The molecule has 0 aliphatic carbocycles. The number of alkyl halides is 3. The van der Waals surface area contributed by atoms with Gasteiger partial charge in [0.1, 0.15) is 11.4 Å². The zero-order chi connectivity index (χ0) is 13.1. The fourth-order valence-electron chi connectivity index (χ4n) is 1.51. The topological polar surface area (TPSA) is 55.5 Å². The number of halogens is 3. The average Bonchev–Trinajstić information content (AvgIpc) is 2.27. The lowest BCUT2D eigenvalue weighted by molar-refractivity contribution is -0.275. The minimum absolute atomic E-state index is 0.0438. The maximum absolute atomic E-state index is 12.2. The molecule has 0 aliphatic rings. The van der Waals surface area contributed by atoms with Crippen molar-refractivity contribution in [1.29, 1.82) is 0 Å². The number of hydrogen-bond donors (Lipinski definition) is 2. The highest BCUT2D eigenvalue weighted by Crippen LogP contribution is 2.34. The molecule has 3 N–H and O–H groups in total. The van der Waals surface area contributed by atoms with Gasteiger partial charge >= 0.3 is 6.36 Å². The summed E-state index contributed by atoms with van der Waals surface area (Å²) in [4.78, 5) is 0. The quantitative estimate of drug-likeness (QED) is 0.859. The van der Waals surface area contributed by atoms with Gasteiger partial charge < -0.3 is 15.6 Å². The monoisotopic (exact) mass is 249 g/mol. The average molecular weight is 249 g/mol. The van der Waals surface area contributed by atoms with Crippen molar-refractivity contribution in [2.75, 3.05) is 6.54 Å². The van der Waals surface area contributed by atoms with Crippen LogP contribution in [0.5, 0.6) is 5.75 Å². The number of benzene rings is 1. The van der Waals surface area contributed by atoms with Crippen molar-refractivity contribution in [3.05, 3.63) is 29.8 Å². The second kappa shape index (κ2) is 4.93. The summed E-state index contributed by atoms with van der Waals surface area (Å²) in [5, 5.41) is 10.1. The van der Waals surface area contributed by atoms with E-state index in [-0.39, 0.29) is 18.5 Å². The number of rotatable bonds is 4. The maximum atomic E-state index is 12.2. The summed E-state index contributed by atoms with van der Waals surface area (Å²) < 4.78 is 40.4. The Morgan fingerprint density at radius 1 is 1.29 bits per heavy atom. The summed E-state index contributed by atoms with van der Waals surface area (Å²) in [6.07, 6.45) is -4.60. The molecule has 0 amide bonds. The largest absolute Gasteiger partial charge is 0.573 e. The van der Waals surface area contributed by atoms with Crippen molar-refractivity contribution in [1.82, 2.24) is 0 Å². The molecule has 6 heteroatoms. The third kappa shape index (κ3) is 3.34. The molecular formula is C11H14F3NO2. The van der Waals surface area contributed by atoms with Gasteiger partial charge in [0.2, 0.25) is 0 Å². The van der Waals surface area contributed by atoms with Gasteiger partial charge in [-0.05, 0) is 12.5 Å². The van der Waals surface area contributed by atoms with E-state index >= 15 is 0 Å². The highest BCUT2D eigenvalue weighted by atomic mass is 19.4. The van der Waals surface area contributed by atoms with E-state index < -0.39 is 17.7 Å². The normalized spacial score (nSPS) is 15.4. The van der Waals surface area contributed by atoms with Crippen molar-refractivity contribution in [3.63, 3.8) is 0 Å². The first kappa shape index (κ1) is 13.8. The molecule has 0 saturated carbocycles. The molecular weight excluding hydrogens is 235 g/mol. The molecule has 0 saturated heterocycles. The van der Waals surface area contributed by atoms with Crippen LogP contribution in [0.15, 0.2) is 24.3 Å². The van der Waals surface area contributed by atoms with Crippen molar-refractivity contribution >= 4 is 0 Å². The minimum atomic E-state index is -4.79. The van der Waals surface area contributed by atoms with Crippen LogP contribution in [0, 0.1) is 0 Å². The number of hydrogen-bond acceptors (Lipinski definition) is 3. The molecule has 1 rings (SSSR count). The van der Waals surface area contributed by atoms with Crippen LogP contribution in [0.4, 0.5) is 13.2 Å². The molecule has 0 aliphatic heterocycles. The van der Waals surface area contributed by atoms with Crippen LogP contribution in [-0.4, -0.2) is 18.0 Å². The van der Waals surface area contributed by atoms with Crippen LogP contribution in [0.2, 0.25) is 0 Å². The molecule has 0 radical (unpaired) electrons. The third-order valence-corrected chi connectivity index (χ3v) is 2.54. The van der Waals surface area contributed by atoms with E-state index in [1.165, 1.54) is 18.2 Å². The number of aliphatic hydroxyl groups is 1. The van der Waals surface area contributed by atoms with Gasteiger partial charge in [-0.1, -0.05) is 25.1 Å². The Bertz CT molecular complexity index is 375. The van der Waals surface area contributed by atoms with Crippen molar-refractivity contribution in [3.8, 4) is 5.75 Å². The molecule has 1 aromatic rings. The van der Waals surface area contributed by atoms with Crippen LogP contribution >= 0.6 is 0 Å². The van der Waals surface area contributed by atoms with Gasteiger partial charge in [-0.2, -0.15) is 0 Å². The highest BCUT2D eigenvalue weighted by Gasteiger charge is 2.35. The first-order valence-electron chi connectivity index (χ1n) is 5.10. The molecule has 96 valence electrons. The zero-order valence-corrected chi connectivity index (χ0v) is 9.29. The highest BCUT2D eigenvalue weighted by molar-refractivity contribution is 5.38. The predicted molar refractivity (Wildman–Crippen MR) is 56.4 cm³/mol. The molecule has 0 heterocycles. The van der Waals surface area contributed by atoms with E-state index in [0.29, 0.717) is 0 Å². The molecule has 17 heavy (non-hydrogen) atoms. The molecule has 0 bridgehead atoms. The predicted octanol–water partition coefficient (Wildman–Crippen LogP) is 2.14. The van der Waals surface area contributed by atoms with Crippen LogP contribution in [0.25, 0.3) is 0 Å². The lowest BCUT2D eigenvalue weighted by Gasteiger charge is -2.27. The van der Waals surface area contributed by atoms with Crippen molar-refractivity contribution in [2.24, 2.45) is 5.73 Å². The van der Waals surface area contributed by atoms with Crippen LogP contribution in [0.3, 0.4) is 0 Å². The van der Waals surface area contributed by atoms with Crippen LogP contribution in [0.1, 0.15) is 18.9 Å². The summed E-state index contributed by atoms with van der Waals surface area (Å²) in [7, 11) is 0. The Balaban J connectivity index is 3.16. The smallest absolute Gasteiger partial charge is 0.405 e. The lowest BCUT2D eigenvalue weighted by Crippen LogP contribution is -2.35. The Morgan fingerprint density at radius 2 is 1.88 bits per heavy atom. The van der Waals surface area contributed by atoms with Crippen molar-refractivity contribution < 1.29 is 23.0 Å². The first-order valence-corrected chi connectivity index (χ1v) is 5.10. The molecule has 1 aromatic carbocycles. The zero-order valence-electron chi connectivity index (χ0n) is 9.29. The van der Waals surface area contributed by atoms with E-state index in [1.807, 2.05) is 0 Å². The van der Waals surface area contributed by atoms with Gasteiger partial charge in [-0.3, -0.25) is 0 Å². The van der Waals surface area contributed by atoms with E-state index in [9.17, 15) is 18.3 Å². The second-order valence-corrected chi connectivity index (χ2v) is 3.63. The number of para-hydroxylation sites is 1. The number of nitrogens with two attached hydrogens (primary N) is 1. The van der Waals surface area contributed by atoms with E-state index in [4.69, 9.17) is 5.73 Å². The SMILES string of the molecule is CCC(O)(CN)c1ccccc1OC(F)(F)F. The molecule has 1 atom stereocenters. The Hall–Kier alpha value is -1.27. The van der Waals surface area contributed by atoms with Gasteiger partial charge in [0.15, 0.2) is 0 Å². The molecule has 1 unspecified atom stereocenters. The van der Waals surface area contributed by atoms with E-state index in [2.05, 4.69) is 4.74 Å². The Kier molecular flexibility index (Phi) is 4.00. The molecule has 0 spiro atoms. The molecule has 0 fully saturated rings. The third-order valence-electron chi connectivity index (χ3n) is 2.54. The summed E-state index contributed by atoms with van der Waals surface area (Å²) in [6, 6.07) is 5.45. The minimum Gasteiger partial charge on any atom is -0.405 e. The standard InChI is InChI=1S/C11H14F3NO2/c1-2-10(16,7-15)8-5-3-4-6-9(8)17-11(12,13)14/h3-6,16H,2,7,15H2,1H3. The summed E-state index contributed by atoms with van der Waals surface area (Å²) in [5.41, 5.74) is 3.93. The van der Waals surface area contributed by atoms with Gasteiger partial charge in [0.25, 0.3) is 0 Å². The van der Waals surface area contributed by atoms with Gasteiger partial charge in [-0.25, -0.2) is 0 Å². The van der Waals surface area contributed by atoms with Gasteiger partial charge in [-0.15, -0.1) is 13.2 Å². The Morgan fingerprint density at radius 3 is 2.35 bits per heavy atom.